The Hall–Kier alpha value is -3.84. The second kappa shape index (κ2) is 10.0. The molecular weight excluding hydrogens is 470 g/mol. The molecule has 0 atom stereocenters. The molecular formula is C29H29N3O3S. The van der Waals surface area contributed by atoms with Crippen LogP contribution in [0.2, 0.25) is 0 Å². The number of nitrogens with zero attached hydrogens (tertiary/aromatic N) is 2. The number of carbonyl (C=O) groups excluding carboxylic acids is 1. The first-order chi connectivity index (χ1) is 17.4. The predicted molar refractivity (Wildman–Crippen MR) is 145 cm³/mol. The van der Waals surface area contributed by atoms with Gasteiger partial charge in [0.2, 0.25) is 5.91 Å². The Morgan fingerprint density at radius 3 is 2.25 bits per heavy atom. The van der Waals surface area contributed by atoms with E-state index in [9.17, 15) is 13.2 Å². The van der Waals surface area contributed by atoms with Gasteiger partial charge in [-0.1, -0.05) is 60.2 Å². The third kappa shape index (κ3) is 5.36. The van der Waals surface area contributed by atoms with Gasteiger partial charge in [-0.05, 0) is 59.7 Å². The Labute approximate surface area is 212 Å². The third-order valence-corrected chi connectivity index (χ3v) is 7.97. The lowest BCUT2D eigenvalue weighted by Crippen LogP contribution is -2.49. The van der Waals surface area contributed by atoms with Crippen molar-refractivity contribution in [2.45, 2.75) is 18.2 Å². The molecule has 1 N–H and O–H groups in total. The van der Waals surface area contributed by atoms with Crippen LogP contribution < -0.4 is 9.62 Å². The molecule has 5 rings (SSSR count). The highest BCUT2D eigenvalue weighted by Crippen LogP contribution is 2.24. The predicted octanol–water partition coefficient (Wildman–Crippen LogP) is 4.84. The molecule has 0 saturated carbocycles. The second-order valence-corrected chi connectivity index (χ2v) is 10.9. The number of sulfonamides is 1. The maximum atomic E-state index is 12.9. The molecule has 1 saturated heterocycles. The van der Waals surface area contributed by atoms with Crippen molar-refractivity contribution in [3.05, 3.63) is 102 Å². The number of hydrogen-bond acceptors (Lipinski definition) is 4. The summed E-state index contributed by atoms with van der Waals surface area (Å²) in [5.74, 6) is 0.152. The van der Waals surface area contributed by atoms with Crippen molar-refractivity contribution < 1.29 is 13.2 Å². The summed E-state index contributed by atoms with van der Waals surface area (Å²) in [5.41, 5.74) is 3.73. The fourth-order valence-electron chi connectivity index (χ4n) is 4.61. The maximum Gasteiger partial charge on any atom is 0.261 e. The Bertz CT molecular complexity index is 1490. The molecule has 1 aliphatic heterocycles. The van der Waals surface area contributed by atoms with Crippen LogP contribution in [0.4, 0.5) is 11.4 Å². The first-order valence-corrected chi connectivity index (χ1v) is 13.6. The molecule has 4 aromatic rings. The van der Waals surface area contributed by atoms with Crippen molar-refractivity contribution >= 4 is 38.1 Å². The van der Waals surface area contributed by atoms with Gasteiger partial charge < -0.3 is 9.80 Å². The summed E-state index contributed by atoms with van der Waals surface area (Å²) >= 11 is 0. The van der Waals surface area contributed by atoms with E-state index in [1.165, 1.54) is 0 Å². The van der Waals surface area contributed by atoms with Crippen LogP contribution in [0.15, 0.2) is 95.9 Å². The van der Waals surface area contributed by atoms with E-state index < -0.39 is 10.0 Å². The zero-order valence-corrected chi connectivity index (χ0v) is 21.0. The number of anilines is 2. The van der Waals surface area contributed by atoms with E-state index in [1.54, 1.807) is 24.3 Å². The Kier molecular flexibility index (Phi) is 6.65. The number of fused-ring (bicyclic) bond motifs is 1. The van der Waals surface area contributed by atoms with E-state index in [1.807, 2.05) is 72.5 Å². The summed E-state index contributed by atoms with van der Waals surface area (Å²) in [6, 6.07) is 28.3. The van der Waals surface area contributed by atoms with Crippen LogP contribution in [0.1, 0.15) is 11.1 Å². The molecule has 0 aromatic heterocycles. The highest BCUT2D eigenvalue weighted by Gasteiger charge is 2.22. The van der Waals surface area contributed by atoms with Crippen molar-refractivity contribution in [3.8, 4) is 0 Å². The minimum absolute atomic E-state index is 0.152. The molecule has 6 nitrogen and oxygen atoms in total. The summed E-state index contributed by atoms with van der Waals surface area (Å²) in [4.78, 5) is 17.1. The molecule has 36 heavy (non-hydrogen) atoms. The summed E-state index contributed by atoms with van der Waals surface area (Å²) in [7, 11) is -3.70. The molecule has 1 amide bonds. The van der Waals surface area contributed by atoms with Crippen LogP contribution in [-0.2, 0) is 21.2 Å². The zero-order chi connectivity index (χ0) is 25.1. The van der Waals surface area contributed by atoms with Crippen LogP contribution in [-0.4, -0.2) is 45.4 Å². The van der Waals surface area contributed by atoms with Crippen molar-refractivity contribution in [3.63, 3.8) is 0 Å². The van der Waals surface area contributed by atoms with Crippen molar-refractivity contribution in [2.24, 2.45) is 0 Å². The Morgan fingerprint density at radius 2 is 1.53 bits per heavy atom. The molecule has 0 bridgehead atoms. The van der Waals surface area contributed by atoms with Crippen molar-refractivity contribution in [1.29, 1.82) is 0 Å². The summed E-state index contributed by atoms with van der Waals surface area (Å²) in [6.07, 6.45) is 0.424. The fraction of sp³-hybridized carbons (Fsp3) is 0.207. The number of hydrogen-bond donors (Lipinski definition) is 1. The maximum absolute atomic E-state index is 12.9. The van der Waals surface area contributed by atoms with E-state index in [4.69, 9.17) is 0 Å². The number of aryl methyl sites for hydroxylation is 1. The molecule has 4 aromatic carbocycles. The van der Waals surface area contributed by atoms with Crippen LogP contribution in [0, 0.1) is 6.92 Å². The van der Waals surface area contributed by atoms with Gasteiger partial charge in [0.15, 0.2) is 0 Å². The molecule has 0 unspecified atom stereocenters. The van der Waals surface area contributed by atoms with E-state index in [2.05, 4.69) is 15.7 Å². The number of carbonyl (C=O) groups is 1. The molecule has 0 spiro atoms. The van der Waals surface area contributed by atoms with Gasteiger partial charge >= 0.3 is 0 Å². The van der Waals surface area contributed by atoms with Crippen LogP contribution in [0.25, 0.3) is 10.8 Å². The number of benzene rings is 4. The lowest BCUT2D eigenvalue weighted by Gasteiger charge is -2.36. The van der Waals surface area contributed by atoms with Gasteiger partial charge in [0.1, 0.15) is 0 Å². The van der Waals surface area contributed by atoms with E-state index in [0.29, 0.717) is 25.2 Å². The smallest absolute Gasteiger partial charge is 0.261 e. The highest BCUT2D eigenvalue weighted by atomic mass is 32.2. The largest absolute Gasteiger partial charge is 0.368 e. The van der Waals surface area contributed by atoms with Crippen molar-refractivity contribution in [1.82, 2.24) is 4.90 Å². The number of piperazine rings is 1. The van der Waals surface area contributed by atoms with E-state index >= 15 is 0 Å². The van der Waals surface area contributed by atoms with E-state index in [-0.39, 0.29) is 10.8 Å². The van der Waals surface area contributed by atoms with Crippen LogP contribution >= 0.6 is 0 Å². The minimum Gasteiger partial charge on any atom is -0.368 e. The first-order valence-electron chi connectivity index (χ1n) is 12.1. The van der Waals surface area contributed by atoms with Gasteiger partial charge in [0.05, 0.1) is 11.3 Å². The lowest BCUT2D eigenvalue weighted by atomic mass is 10.1. The topological polar surface area (TPSA) is 69.7 Å². The summed E-state index contributed by atoms with van der Waals surface area (Å²) < 4.78 is 28.5. The Balaban J connectivity index is 1.19. The molecule has 184 valence electrons. The highest BCUT2D eigenvalue weighted by molar-refractivity contribution is 7.92. The summed E-state index contributed by atoms with van der Waals surface area (Å²) in [6.45, 7) is 4.85. The number of amides is 1. The quantitative estimate of drug-likeness (QED) is 0.412. The molecule has 1 heterocycles. The van der Waals surface area contributed by atoms with Gasteiger partial charge in [-0.25, -0.2) is 8.42 Å². The van der Waals surface area contributed by atoms with Crippen LogP contribution in [0.3, 0.4) is 0 Å². The molecule has 0 radical (unpaired) electrons. The third-order valence-electron chi connectivity index (χ3n) is 6.59. The average Bonchev–Trinajstić information content (AvgIpc) is 2.89. The van der Waals surface area contributed by atoms with E-state index in [0.717, 1.165) is 40.7 Å². The number of nitrogens with one attached hydrogen (secondary N) is 1. The van der Waals surface area contributed by atoms with Gasteiger partial charge in [0.25, 0.3) is 10.0 Å². The SMILES string of the molecule is Cc1cccc(CC(=O)N2CCN(c3ccc(NS(=O)(=O)c4ccc5ccccc5c4)cc3)CC2)c1. The Morgan fingerprint density at radius 1 is 0.806 bits per heavy atom. The van der Waals surface area contributed by atoms with Crippen LogP contribution in [0.5, 0.6) is 0 Å². The lowest BCUT2D eigenvalue weighted by molar-refractivity contribution is -0.130. The first kappa shape index (κ1) is 23.9. The summed E-state index contributed by atoms with van der Waals surface area (Å²) in [5, 5.41) is 1.88. The minimum atomic E-state index is -3.70. The zero-order valence-electron chi connectivity index (χ0n) is 20.2. The average molecular weight is 500 g/mol. The molecule has 1 aliphatic rings. The fourth-order valence-corrected chi connectivity index (χ4v) is 5.71. The van der Waals surface area contributed by atoms with Gasteiger partial charge in [-0.3, -0.25) is 9.52 Å². The second-order valence-electron chi connectivity index (χ2n) is 9.19. The molecule has 0 aliphatic carbocycles. The van der Waals surface area contributed by atoms with Gasteiger partial charge in [-0.2, -0.15) is 0 Å². The molecule has 7 heteroatoms. The standard InChI is InChI=1S/C29H29N3O3S/c1-22-5-4-6-23(19-22)20-29(33)32-17-15-31(16-18-32)27-12-10-26(11-13-27)30-36(34,35)28-14-9-24-7-2-3-8-25(24)21-28/h2-14,19,21,30H,15-18,20H2,1H3. The molecule has 1 fully saturated rings. The monoisotopic (exact) mass is 499 g/mol. The van der Waals surface area contributed by atoms with Gasteiger partial charge in [-0.15, -0.1) is 0 Å². The number of rotatable bonds is 6. The normalized spacial score (nSPS) is 14.1. The van der Waals surface area contributed by atoms with Gasteiger partial charge in [0, 0.05) is 37.6 Å². The van der Waals surface area contributed by atoms with Crippen molar-refractivity contribution in [2.75, 3.05) is 35.8 Å².